The van der Waals surface area contributed by atoms with Gasteiger partial charge in [-0.25, -0.2) is 4.98 Å². The van der Waals surface area contributed by atoms with Gasteiger partial charge < -0.3 is 10.3 Å². The predicted molar refractivity (Wildman–Crippen MR) is 137 cm³/mol. The van der Waals surface area contributed by atoms with Crippen LogP contribution in [0.2, 0.25) is 0 Å². The largest absolute Gasteiger partial charge is 0.335 e. The highest BCUT2D eigenvalue weighted by Gasteiger charge is 2.29. The first-order valence-electron chi connectivity index (χ1n) is 11.3. The van der Waals surface area contributed by atoms with Crippen molar-refractivity contribution < 1.29 is 4.79 Å². The number of fused-ring (bicyclic) bond motifs is 2. The molecule has 5 heterocycles. The molecule has 1 aromatic carbocycles. The predicted octanol–water partition coefficient (Wildman–Crippen LogP) is 5.64. The van der Waals surface area contributed by atoms with Crippen LogP contribution in [0.15, 0.2) is 65.9 Å². The van der Waals surface area contributed by atoms with Crippen LogP contribution in [0.5, 0.6) is 0 Å². The van der Waals surface area contributed by atoms with Gasteiger partial charge in [0, 0.05) is 34.8 Å². The third kappa shape index (κ3) is 3.57. The molecule has 5 aromatic heterocycles. The van der Waals surface area contributed by atoms with Crippen LogP contribution in [0.4, 0.5) is 5.69 Å². The van der Waals surface area contributed by atoms with Gasteiger partial charge in [-0.3, -0.25) is 19.9 Å². The first-order valence-corrected chi connectivity index (χ1v) is 12.3. The van der Waals surface area contributed by atoms with Crippen molar-refractivity contribution in [1.82, 2.24) is 30.1 Å². The summed E-state index contributed by atoms with van der Waals surface area (Å²) in [6.45, 7) is 0. The molecule has 1 aliphatic rings. The maximum Gasteiger partial charge on any atom is 0.227 e. The summed E-state index contributed by atoms with van der Waals surface area (Å²) < 4.78 is 0. The van der Waals surface area contributed by atoms with Crippen LogP contribution in [0.3, 0.4) is 0 Å². The number of hydrogen-bond acceptors (Lipinski definition) is 6. The molecule has 1 fully saturated rings. The van der Waals surface area contributed by atoms with Crippen molar-refractivity contribution in [3.05, 3.63) is 65.9 Å². The average Bonchev–Trinajstić information content (AvgIpc) is 3.26. The molecule has 1 amide bonds. The molecule has 1 saturated carbocycles. The molecule has 8 nitrogen and oxygen atoms in total. The van der Waals surface area contributed by atoms with Crippen molar-refractivity contribution in [3.8, 4) is 33.8 Å². The number of carbonyl (C=O) groups is 1. The summed E-state index contributed by atoms with van der Waals surface area (Å²) in [5.74, 6) is 0.886. The maximum atomic E-state index is 12.2. The molecule has 0 aliphatic heterocycles. The Balaban J connectivity index is 1.29. The number of pyridine rings is 2. The maximum absolute atomic E-state index is 12.2. The van der Waals surface area contributed by atoms with Crippen LogP contribution < -0.4 is 5.32 Å². The van der Waals surface area contributed by atoms with E-state index in [2.05, 4.69) is 48.0 Å². The first kappa shape index (κ1) is 20.0. The highest BCUT2D eigenvalue weighted by atomic mass is 32.1. The van der Waals surface area contributed by atoms with Crippen LogP contribution in [-0.4, -0.2) is 36.0 Å². The number of nitrogens with zero attached hydrogens (tertiary/aromatic N) is 4. The average molecular weight is 478 g/mol. The lowest BCUT2D eigenvalue weighted by Crippen LogP contribution is -2.13. The van der Waals surface area contributed by atoms with E-state index in [1.165, 1.54) is 0 Å². The summed E-state index contributed by atoms with van der Waals surface area (Å²) >= 11 is 1.65. The summed E-state index contributed by atoms with van der Waals surface area (Å²) in [6, 6.07) is 10.1. The topological polar surface area (TPSA) is 112 Å². The fraction of sp³-hybridized carbons (Fsp3) is 0.115. The summed E-state index contributed by atoms with van der Waals surface area (Å²) in [4.78, 5) is 29.2. The number of carbonyl (C=O) groups excluding carboxylic acids is 1. The smallest absolute Gasteiger partial charge is 0.227 e. The minimum atomic E-state index is 0.0673. The van der Waals surface area contributed by atoms with Gasteiger partial charge in [-0.1, -0.05) is 6.07 Å². The second-order valence-electron chi connectivity index (χ2n) is 8.74. The zero-order chi connectivity index (χ0) is 23.4. The summed E-state index contributed by atoms with van der Waals surface area (Å²) in [5, 5.41) is 15.7. The van der Waals surface area contributed by atoms with Crippen LogP contribution >= 0.6 is 11.3 Å². The molecular weight excluding hydrogens is 458 g/mol. The van der Waals surface area contributed by atoms with Crippen LogP contribution in [0.25, 0.3) is 55.7 Å². The monoisotopic (exact) mass is 477 g/mol. The Bertz CT molecular complexity index is 1710. The summed E-state index contributed by atoms with van der Waals surface area (Å²) in [5.41, 5.74) is 8.06. The molecule has 6 aromatic rings. The Morgan fingerprint density at radius 2 is 1.89 bits per heavy atom. The molecular formula is C26H19N7OS. The Kier molecular flexibility index (Phi) is 4.49. The Morgan fingerprint density at radius 3 is 2.74 bits per heavy atom. The normalized spacial score (nSPS) is 13.5. The Morgan fingerprint density at radius 1 is 0.971 bits per heavy atom. The molecule has 35 heavy (non-hydrogen) atoms. The number of amides is 1. The number of benzene rings is 1. The number of hydrogen-bond donors (Lipinski definition) is 3. The second-order valence-corrected chi connectivity index (χ2v) is 9.52. The zero-order valence-corrected chi connectivity index (χ0v) is 19.3. The van der Waals surface area contributed by atoms with E-state index < -0.39 is 0 Å². The van der Waals surface area contributed by atoms with Crippen LogP contribution in [0.1, 0.15) is 12.8 Å². The van der Waals surface area contributed by atoms with E-state index in [1.54, 1.807) is 29.9 Å². The Labute approximate surface area is 203 Å². The number of aromatic amines is 2. The zero-order valence-electron chi connectivity index (χ0n) is 18.4. The van der Waals surface area contributed by atoms with E-state index in [1.807, 2.05) is 29.8 Å². The van der Waals surface area contributed by atoms with E-state index in [0.29, 0.717) is 11.5 Å². The lowest BCUT2D eigenvalue weighted by Gasteiger charge is -2.07. The minimum absolute atomic E-state index is 0.0673. The molecule has 1 aliphatic carbocycles. The second kappa shape index (κ2) is 7.85. The lowest BCUT2D eigenvalue weighted by molar-refractivity contribution is -0.117. The van der Waals surface area contributed by atoms with Gasteiger partial charge in [-0.05, 0) is 59.0 Å². The molecule has 0 atom stereocenters. The van der Waals surface area contributed by atoms with Gasteiger partial charge >= 0.3 is 0 Å². The van der Waals surface area contributed by atoms with E-state index in [0.717, 1.165) is 62.7 Å². The van der Waals surface area contributed by atoms with Gasteiger partial charge in [0.05, 0.1) is 29.1 Å². The lowest BCUT2D eigenvalue weighted by atomic mass is 10.0. The van der Waals surface area contributed by atoms with Crippen molar-refractivity contribution in [2.45, 2.75) is 12.8 Å². The van der Waals surface area contributed by atoms with Crippen molar-refractivity contribution in [3.63, 3.8) is 0 Å². The van der Waals surface area contributed by atoms with Gasteiger partial charge in [0.2, 0.25) is 5.91 Å². The standard InChI is InChI=1S/C26H19N7OS/c34-26(14-1-2-14)29-18-7-17(9-27-10-18)15-3-4-21-19(8-15)24(33-32-21)25-30-22-12-28-11-20(23(22)31-25)16-5-6-35-13-16/h3-14H,1-2H2,(H,29,34)(H,30,31)(H,32,33). The molecule has 3 N–H and O–H groups in total. The van der Waals surface area contributed by atoms with E-state index in [-0.39, 0.29) is 11.8 Å². The number of rotatable bonds is 5. The highest BCUT2D eigenvalue weighted by Crippen LogP contribution is 2.34. The van der Waals surface area contributed by atoms with Crippen LogP contribution in [-0.2, 0) is 4.79 Å². The SMILES string of the molecule is O=C(Nc1cncc(-c2ccc3[nH]nc(-c4nc5c(-c6ccsc6)cncc5[nH]4)c3c2)c1)C1CC1. The number of nitrogens with one attached hydrogen (secondary N) is 3. The molecule has 0 unspecified atom stereocenters. The van der Waals surface area contributed by atoms with Gasteiger partial charge in [-0.2, -0.15) is 16.4 Å². The van der Waals surface area contributed by atoms with E-state index in [4.69, 9.17) is 4.98 Å². The van der Waals surface area contributed by atoms with Gasteiger partial charge in [0.25, 0.3) is 0 Å². The molecule has 170 valence electrons. The van der Waals surface area contributed by atoms with Crippen molar-refractivity contribution in [2.75, 3.05) is 5.32 Å². The summed E-state index contributed by atoms with van der Waals surface area (Å²) in [6.07, 6.45) is 9.04. The highest BCUT2D eigenvalue weighted by molar-refractivity contribution is 7.08. The Hall–Kier alpha value is -4.37. The first-order chi connectivity index (χ1) is 17.2. The van der Waals surface area contributed by atoms with Gasteiger partial charge in [-0.15, -0.1) is 0 Å². The fourth-order valence-corrected chi connectivity index (χ4v) is 4.96. The van der Waals surface area contributed by atoms with Crippen LogP contribution in [0, 0.1) is 5.92 Å². The molecule has 0 saturated heterocycles. The molecule has 0 radical (unpaired) electrons. The number of anilines is 1. The van der Waals surface area contributed by atoms with Crippen molar-refractivity contribution in [1.29, 1.82) is 0 Å². The van der Waals surface area contributed by atoms with E-state index >= 15 is 0 Å². The molecule has 9 heteroatoms. The minimum Gasteiger partial charge on any atom is -0.335 e. The number of aromatic nitrogens is 6. The van der Waals surface area contributed by atoms with Gasteiger partial charge in [0.1, 0.15) is 11.2 Å². The molecule has 7 rings (SSSR count). The number of H-pyrrole nitrogens is 2. The third-order valence-electron chi connectivity index (χ3n) is 6.30. The number of thiophene rings is 1. The number of imidazole rings is 1. The van der Waals surface area contributed by atoms with E-state index in [9.17, 15) is 4.79 Å². The third-order valence-corrected chi connectivity index (χ3v) is 6.98. The van der Waals surface area contributed by atoms with Crippen molar-refractivity contribution >= 4 is 44.9 Å². The molecule has 0 spiro atoms. The van der Waals surface area contributed by atoms with Gasteiger partial charge in [0.15, 0.2) is 5.82 Å². The molecule has 0 bridgehead atoms. The summed E-state index contributed by atoms with van der Waals surface area (Å²) in [7, 11) is 0. The van der Waals surface area contributed by atoms with Crippen molar-refractivity contribution in [2.24, 2.45) is 5.92 Å². The quantitative estimate of drug-likeness (QED) is 0.297. The fourth-order valence-electron chi connectivity index (χ4n) is 4.30.